The van der Waals surface area contributed by atoms with Crippen LogP contribution in [0.2, 0.25) is 5.15 Å². The molecule has 8 nitrogen and oxygen atoms in total. The number of hydrogen-bond donors (Lipinski definition) is 2. The molecule has 10 heteroatoms. The lowest BCUT2D eigenvalue weighted by Gasteiger charge is -2.15. The van der Waals surface area contributed by atoms with E-state index in [4.69, 9.17) is 23.2 Å². The van der Waals surface area contributed by atoms with Crippen molar-refractivity contribution in [2.75, 3.05) is 12.4 Å². The summed E-state index contributed by atoms with van der Waals surface area (Å²) in [6.07, 6.45) is 2.96. The summed E-state index contributed by atoms with van der Waals surface area (Å²) in [6, 6.07) is 6.38. The highest BCUT2D eigenvalue weighted by molar-refractivity contribution is 6.32. The highest BCUT2D eigenvalue weighted by atomic mass is 35.5. The van der Waals surface area contributed by atoms with Crippen LogP contribution in [0.3, 0.4) is 0 Å². The number of rotatable bonds is 4. The summed E-state index contributed by atoms with van der Waals surface area (Å²) in [4.78, 5) is 29.5. The van der Waals surface area contributed by atoms with Gasteiger partial charge in [-0.15, -0.1) is 0 Å². The number of hydrogen-bond acceptors (Lipinski definition) is 5. The number of benzene rings is 1. The van der Waals surface area contributed by atoms with E-state index in [0.29, 0.717) is 34.8 Å². The number of nitrogens with one attached hydrogen (secondary N) is 2. The van der Waals surface area contributed by atoms with Gasteiger partial charge < -0.3 is 10.6 Å². The van der Waals surface area contributed by atoms with E-state index in [-0.39, 0.29) is 22.1 Å². The van der Waals surface area contributed by atoms with Crippen LogP contribution in [0, 0.1) is 18.3 Å². The molecule has 29 heavy (non-hydrogen) atoms. The highest BCUT2D eigenvalue weighted by Crippen LogP contribution is 2.28. The lowest BCUT2D eigenvalue weighted by molar-refractivity contribution is 0.0964. The van der Waals surface area contributed by atoms with Gasteiger partial charge >= 0.3 is 0 Å². The molecule has 0 spiro atoms. The minimum absolute atomic E-state index is 0.0935. The summed E-state index contributed by atoms with van der Waals surface area (Å²) < 4.78 is 1.27. The number of carbonyl (C=O) groups excluding carboxylic acids is 2. The number of anilines is 1. The van der Waals surface area contributed by atoms with Gasteiger partial charge in [0.1, 0.15) is 5.69 Å². The Bertz CT molecular complexity index is 1110. The van der Waals surface area contributed by atoms with Crippen LogP contribution in [0.15, 0.2) is 28.2 Å². The Balaban J connectivity index is 2.04. The van der Waals surface area contributed by atoms with Crippen molar-refractivity contribution in [1.29, 1.82) is 5.26 Å². The predicted octanol–water partition coefficient (Wildman–Crippen LogP) is 3.56. The lowest BCUT2D eigenvalue weighted by Crippen LogP contribution is -2.24. The van der Waals surface area contributed by atoms with E-state index in [1.54, 1.807) is 19.2 Å². The number of halogens is 2. The summed E-state index contributed by atoms with van der Waals surface area (Å²) in [5.41, 5.74) is 1.42. The molecule has 0 radical (unpaired) electrons. The first-order chi connectivity index (χ1) is 13.8. The molecule has 3 rings (SSSR count). The fraction of sp³-hybridized carbons (Fsp3) is 0.211. The number of nitriles is 1. The van der Waals surface area contributed by atoms with Crippen molar-refractivity contribution >= 4 is 52.7 Å². The van der Waals surface area contributed by atoms with E-state index in [1.807, 2.05) is 6.07 Å². The van der Waals surface area contributed by atoms with Gasteiger partial charge in [0.25, 0.3) is 11.8 Å². The van der Waals surface area contributed by atoms with Gasteiger partial charge in [-0.1, -0.05) is 23.2 Å². The van der Waals surface area contributed by atoms with Gasteiger partial charge in [0.2, 0.25) is 0 Å². The minimum atomic E-state index is -0.555. The quantitative estimate of drug-likeness (QED) is 0.771. The third kappa shape index (κ3) is 4.16. The molecule has 2 N–H and O–H groups in total. The first-order valence-corrected chi connectivity index (χ1v) is 9.36. The average Bonchev–Trinajstić information content (AvgIpc) is 3.10. The van der Waals surface area contributed by atoms with E-state index in [0.717, 1.165) is 0 Å². The number of carbonyl (C=O) groups is 2. The Labute approximate surface area is 176 Å². The third-order valence-corrected chi connectivity index (χ3v) is 4.78. The minimum Gasteiger partial charge on any atom is -0.355 e. The van der Waals surface area contributed by atoms with Crippen molar-refractivity contribution in [3.05, 3.63) is 50.8 Å². The van der Waals surface area contributed by atoms with Crippen molar-refractivity contribution in [3.8, 4) is 6.07 Å². The maximum absolute atomic E-state index is 13.0. The largest absolute Gasteiger partial charge is 0.355 e. The molecule has 0 unspecified atom stereocenters. The van der Waals surface area contributed by atoms with Gasteiger partial charge in [0.05, 0.1) is 27.9 Å². The Kier molecular flexibility index (Phi) is 6.01. The van der Waals surface area contributed by atoms with Crippen LogP contribution in [0.4, 0.5) is 5.69 Å². The van der Waals surface area contributed by atoms with Gasteiger partial charge in [-0.3, -0.25) is 9.59 Å². The van der Waals surface area contributed by atoms with E-state index < -0.39 is 11.8 Å². The maximum Gasteiger partial charge on any atom is 0.274 e. The summed E-state index contributed by atoms with van der Waals surface area (Å²) in [5, 5.41) is 19.1. The number of allylic oxidation sites excluding steroid dienone is 1. The monoisotopic (exact) mass is 430 g/mol. The number of aromatic nitrogens is 2. The van der Waals surface area contributed by atoms with Gasteiger partial charge in [0, 0.05) is 19.3 Å². The van der Waals surface area contributed by atoms with E-state index in [1.165, 1.54) is 23.9 Å². The molecule has 0 saturated heterocycles. The Morgan fingerprint density at radius 2 is 2.00 bits per heavy atom. The van der Waals surface area contributed by atoms with Gasteiger partial charge in [0.15, 0.2) is 11.0 Å². The predicted molar refractivity (Wildman–Crippen MR) is 111 cm³/mol. The topological polar surface area (TPSA) is 112 Å². The lowest BCUT2D eigenvalue weighted by atomic mass is 10.0. The van der Waals surface area contributed by atoms with Crippen LogP contribution >= 0.6 is 23.2 Å². The van der Waals surface area contributed by atoms with Gasteiger partial charge in [-0.05, 0) is 37.5 Å². The molecule has 2 aromatic rings. The molecule has 0 bridgehead atoms. The normalized spacial score (nSPS) is 13.2. The van der Waals surface area contributed by atoms with Crippen LogP contribution in [-0.2, 0) is 0 Å². The summed E-state index contributed by atoms with van der Waals surface area (Å²) in [5.74, 6) is -0.673. The van der Waals surface area contributed by atoms with Crippen LogP contribution < -0.4 is 10.6 Å². The third-order valence-electron chi connectivity index (χ3n) is 4.24. The van der Waals surface area contributed by atoms with Crippen LogP contribution in [0.5, 0.6) is 0 Å². The highest BCUT2D eigenvalue weighted by Gasteiger charge is 2.23. The molecule has 1 aromatic heterocycles. The molecule has 148 valence electrons. The molecular weight excluding hydrogens is 415 g/mol. The van der Waals surface area contributed by atoms with Crippen LogP contribution in [0.25, 0.3) is 5.82 Å². The molecule has 1 aliphatic heterocycles. The number of nitrogens with zero attached hydrogens (tertiary/aromatic N) is 4. The molecule has 0 saturated carbocycles. The van der Waals surface area contributed by atoms with Crippen molar-refractivity contribution in [2.45, 2.75) is 19.8 Å². The fourth-order valence-electron chi connectivity index (χ4n) is 2.88. The van der Waals surface area contributed by atoms with Crippen molar-refractivity contribution < 1.29 is 9.59 Å². The second kappa shape index (κ2) is 8.47. The van der Waals surface area contributed by atoms with Gasteiger partial charge in [-0.2, -0.15) is 10.4 Å². The Morgan fingerprint density at radius 1 is 1.24 bits per heavy atom. The smallest absolute Gasteiger partial charge is 0.274 e. The van der Waals surface area contributed by atoms with Crippen LogP contribution in [0.1, 0.15) is 44.8 Å². The molecule has 1 aliphatic rings. The zero-order valence-corrected chi connectivity index (χ0v) is 17.1. The summed E-state index contributed by atoms with van der Waals surface area (Å²) >= 11 is 12.3. The summed E-state index contributed by atoms with van der Waals surface area (Å²) in [6.45, 7) is 1.69. The average molecular weight is 431 g/mol. The van der Waals surface area contributed by atoms with Crippen molar-refractivity contribution in [1.82, 2.24) is 15.1 Å². The molecule has 0 aliphatic carbocycles. The summed E-state index contributed by atoms with van der Waals surface area (Å²) in [7, 11) is 1.46. The van der Waals surface area contributed by atoms with Gasteiger partial charge in [-0.25, -0.2) is 9.67 Å². The zero-order valence-electron chi connectivity index (χ0n) is 15.6. The second-order valence-electron chi connectivity index (χ2n) is 6.20. The molecule has 2 amide bonds. The first-order valence-electron chi connectivity index (χ1n) is 8.61. The molecule has 0 fully saturated rings. The Hall–Kier alpha value is -3.15. The molecule has 1 aromatic carbocycles. The van der Waals surface area contributed by atoms with E-state index in [2.05, 4.69) is 20.7 Å². The molecule has 2 heterocycles. The van der Waals surface area contributed by atoms with E-state index in [9.17, 15) is 14.9 Å². The SMILES string of the molecule is CNC(=O)c1cc(C#N)cc(C)c1NC(=O)c1cc(Cl)nn1C1=C(Cl)CCC=N1. The second-order valence-corrected chi connectivity index (χ2v) is 7.05. The zero-order chi connectivity index (χ0) is 21.1. The maximum atomic E-state index is 13.0. The van der Waals surface area contributed by atoms with E-state index >= 15 is 0 Å². The molecular formula is C19H16Cl2N6O2. The number of aryl methyl sites for hydroxylation is 1. The van der Waals surface area contributed by atoms with Crippen molar-refractivity contribution in [3.63, 3.8) is 0 Å². The number of amides is 2. The van der Waals surface area contributed by atoms with Crippen molar-refractivity contribution in [2.24, 2.45) is 4.99 Å². The first kappa shape index (κ1) is 20.6. The number of aliphatic imine (C=N–C) groups is 1. The van der Waals surface area contributed by atoms with Crippen LogP contribution in [-0.4, -0.2) is 34.9 Å². The fourth-order valence-corrected chi connectivity index (χ4v) is 3.30. The molecule has 0 atom stereocenters. The standard InChI is InChI=1S/C19H16Cl2N6O2/c1-10-6-11(9-22)7-12(18(28)23-2)16(10)25-19(29)14-8-15(21)26-27(14)17-13(20)4-3-5-24-17/h5-8H,3-4H2,1-2H3,(H,23,28)(H,25,29). The Morgan fingerprint density at radius 3 is 2.66 bits per heavy atom.